The van der Waals surface area contributed by atoms with Crippen molar-refractivity contribution in [3.8, 4) is 0 Å². The lowest BCUT2D eigenvalue weighted by molar-refractivity contribution is 1.20. The van der Waals surface area contributed by atoms with Gasteiger partial charge in [-0.05, 0) is 12.8 Å². The average Bonchev–Trinajstić information content (AvgIpc) is 1.90. The van der Waals surface area contributed by atoms with Crippen molar-refractivity contribution < 1.29 is 0 Å². The highest BCUT2D eigenvalue weighted by molar-refractivity contribution is 7.37. The molecule has 0 unspecified atom stereocenters. The van der Waals surface area contributed by atoms with Crippen molar-refractivity contribution in [1.29, 1.82) is 0 Å². The minimum atomic E-state index is -0.310. The molecule has 1 aliphatic carbocycles. The Balaban J connectivity index is 2.50. The third-order valence-corrected chi connectivity index (χ3v) is 1.88. The van der Waals surface area contributed by atoms with Crippen molar-refractivity contribution in [2.75, 3.05) is 0 Å². The van der Waals surface area contributed by atoms with E-state index in [4.69, 9.17) is 22.9 Å². The second-order valence-corrected chi connectivity index (χ2v) is 3.09. The summed E-state index contributed by atoms with van der Waals surface area (Å²) in [5.74, 6) is 0. The fraction of sp³-hybridized carbons (Fsp3) is 0.333. The van der Waals surface area contributed by atoms with E-state index in [0.29, 0.717) is 0 Å². The molecule has 0 aromatic rings. The minimum Gasteiger partial charge on any atom is -0.165 e. The van der Waals surface area contributed by atoms with Gasteiger partial charge in [-0.2, -0.15) is 22.9 Å². The van der Waals surface area contributed by atoms with Crippen LogP contribution in [0.1, 0.15) is 12.8 Å². The van der Waals surface area contributed by atoms with Gasteiger partial charge in [-0.3, -0.25) is 0 Å². The van der Waals surface area contributed by atoms with Gasteiger partial charge in [0, 0.05) is 0 Å². The quantitative estimate of drug-likeness (QED) is 0.409. The zero-order valence-corrected chi connectivity index (χ0v) is 6.49. The molecule has 0 saturated heterocycles. The Hall–Kier alpha value is 0.125. The molecule has 0 amide bonds. The summed E-state index contributed by atoms with van der Waals surface area (Å²) >= 11 is 11.2. The third-order valence-electron chi connectivity index (χ3n) is 1.32. The molecule has 48 valence electrons. The first-order chi connectivity index (χ1) is 4.30. The first kappa shape index (κ1) is 7.23. The first-order valence-corrected chi connectivity index (χ1v) is 3.80. The van der Waals surface area contributed by atoms with Gasteiger partial charge in [-0.15, -0.1) is 0 Å². The van der Waals surface area contributed by atoms with Crippen LogP contribution in [0, 0.1) is 0 Å². The van der Waals surface area contributed by atoms with Crippen LogP contribution < -0.4 is 0 Å². The number of hydrogen-bond acceptors (Lipinski definition) is 0. The number of hydrogen-bond donors (Lipinski definition) is 0. The van der Waals surface area contributed by atoms with Gasteiger partial charge in [0.25, 0.3) is 0 Å². The molecule has 0 spiro atoms. The molecule has 0 radical (unpaired) electrons. The molecule has 0 nitrogen and oxygen atoms in total. The summed E-state index contributed by atoms with van der Waals surface area (Å²) in [6.45, 7) is 0. The van der Waals surface area contributed by atoms with Crippen molar-refractivity contribution in [3.05, 3.63) is 23.7 Å². The summed E-state index contributed by atoms with van der Waals surface area (Å²) in [5.41, 5.74) is 0.816. The number of halogens is 2. The Morgan fingerprint density at radius 1 is 1.33 bits per heavy atom. The van der Waals surface area contributed by atoms with Crippen LogP contribution in [-0.2, 0) is 0 Å². The summed E-state index contributed by atoms with van der Waals surface area (Å²) in [6, 6.07) is 0. The molecule has 0 heterocycles. The molecular weight excluding hydrogens is 154 g/mol. The van der Waals surface area contributed by atoms with Crippen LogP contribution in [0.3, 0.4) is 0 Å². The van der Waals surface area contributed by atoms with Crippen LogP contribution in [0.15, 0.2) is 23.7 Å². The number of allylic oxidation sites excluding steroid dienone is 4. The van der Waals surface area contributed by atoms with Gasteiger partial charge in [-0.1, -0.05) is 23.7 Å². The molecule has 1 aliphatic rings. The maximum Gasteiger partial charge on any atom is 0.378 e. The summed E-state index contributed by atoms with van der Waals surface area (Å²) in [6.07, 6.45) is 8.17. The van der Waals surface area contributed by atoms with Gasteiger partial charge in [0.15, 0.2) is 0 Å². The smallest absolute Gasteiger partial charge is 0.165 e. The van der Waals surface area contributed by atoms with Crippen LogP contribution in [0.25, 0.3) is 0 Å². The minimum absolute atomic E-state index is 0.310. The molecule has 0 fully saturated rings. The maximum atomic E-state index is 5.62. The van der Waals surface area contributed by atoms with E-state index < -0.39 is 0 Å². The van der Waals surface area contributed by atoms with Gasteiger partial charge in [0.1, 0.15) is 0 Å². The second-order valence-electron chi connectivity index (χ2n) is 1.99. The Morgan fingerprint density at radius 2 is 2.11 bits per heavy atom. The van der Waals surface area contributed by atoms with E-state index in [1.807, 2.05) is 0 Å². The predicted molar refractivity (Wildman–Crippen MR) is 43.9 cm³/mol. The lowest BCUT2D eigenvalue weighted by atomic mass is 9.86. The van der Waals surface area contributed by atoms with Crippen molar-refractivity contribution in [2.45, 2.75) is 12.8 Å². The fourth-order valence-electron chi connectivity index (χ4n) is 0.797. The molecule has 0 bridgehead atoms. The van der Waals surface area contributed by atoms with Gasteiger partial charge >= 0.3 is 5.54 Å². The van der Waals surface area contributed by atoms with Crippen molar-refractivity contribution in [2.24, 2.45) is 0 Å². The van der Waals surface area contributed by atoms with Crippen LogP contribution >= 0.6 is 22.9 Å². The highest BCUT2D eigenvalue weighted by Gasteiger charge is 2.11. The molecule has 0 N–H and O–H groups in total. The molecule has 1 rings (SSSR count). The van der Waals surface area contributed by atoms with Crippen LogP contribution in [0.5, 0.6) is 0 Å². The fourth-order valence-corrected chi connectivity index (χ4v) is 1.15. The predicted octanol–water partition coefficient (Wildman–Crippen LogP) is 2.77. The summed E-state index contributed by atoms with van der Waals surface area (Å²) < 4.78 is 0. The lowest BCUT2D eigenvalue weighted by Crippen LogP contribution is -2.00. The van der Waals surface area contributed by atoms with Crippen LogP contribution in [0.4, 0.5) is 0 Å². The van der Waals surface area contributed by atoms with Gasteiger partial charge in [0.05, 0.1) is 0 Å². The zero-order chi connectivity index (χ0) is 6.69. The maximum absolute atomic E-state index is 5.62. The summed E-state index contributed by atoms with van der Waals surface area (Å²) in [4.78, 5) is 0. The Morgan fingerprint density at radius 3 is 2.44 bits per heavy atom. The van der Waals surface area contributed by atoms with E-state index in [1.54, 1.807) is 0 Å². The van der Waals surface area contributed by atoms with Gasteiger partial charge in [-0.25, -0.2) is 0 Å². The lowest BCUT2D eigenvalue weighted by Gasteiger charge is -2.04. The van der Waals surface area contributed by atoms with Crippen LogP contribution in [-0.4, -0.2) is 5.54 Å². The van der Waals surface area contributed by atoms with Crippen molar-refractivity contribution in [3.63, 3.8) is 0 Å². The molecule has 0 aromatic heterocycles. The molecule has 9 heavy (non-hydrogen) atoms. The van der Waals surface area contributed by atoms with Crippen molar-refractivity contribution in [1.82, 2.24) is 0 Å². The molecule has 0 aromatic carbocycles. The topological polar surface area (TPSA) is 0 Å². The molecule has 0 saturated carbocycles. The summed E-state index contributed by atoms with van der Waals surface area (Å²) in [7, 11) is 0. The Bertz CT molecular complexity index is 149. The standard InChI is InChI=1S/C6H7BCl2/c8-7(9)6-4-2-1-3-5-6/h1-2,5H,3-4H2. The molecule has 0 aliphatic heterocycles. The van der Waals surface area contributed by atoms with E-state index in [9.17, 15) is 0 Å². The Labute approximate surface area is 65.4 Å². The van der Waals surface area contributed by atoms with Gasteiger partial charge in [0.2, 0.25) is 0 Å². The second kappa shape index (κ2) is 3.33. The van der Waals surface area contributed by atoms with E-state index >= 15 is 0 Å². The monoisotopic (exact) mass is 160 g/mol. The third kappa shape index (κ3) is 2.07. The highest BCUT2D eigenvalue weighted by atomic mass is 35.5. The first-order valence-electron chi connectivity index (χ1n) is 2.93. The molecule has 3 heteroatoms. The zero-order valence-electron chi connectivity index (χ0n) is 4.98. The molecule has 0 atom stereocenters. The highest BCUT2D eigenvalue weighted by Crippen LogP contribution is 2.18. The largest absolute Gasteiger partial charge is 0.378 e. The summed E-state index contributed by atoms with van der Waals surface area (Å²) in [5, 5.41) is 0. The molecular formula is C6H7BCl2. The van der Waals surface area contributed by atoms with Crippen molar-refractivity contribution >= 4 is 28.5 Å². The average molecular weight is 161 g/mol. The van der Waals surface area contributed by atoms with Gasteiger partial charge < -0.3 is 0 Å². The van der Waals surface area contributed by atoms with E-state index in [-0.39, 0.29) is 5.54 Å². The van der Waals surface area contributed by atoms with E-state index in [0.717, 1.165) is 18.3 Å². The van der Waals surface area contributed by atoms with Crippen LogP contribution in [0.2, 0.25) is 0 Å². The van der Waals surface area contributed by atoms with E-state index in [1.165, 1.54) is 0 Å². The van der Waals surface area contributed by atoms with E-state index in [2.05, 4.69) is 18.2 Å². The number of rotatable bonds is 1. The Kier molecular flexibility index (Phi) is 2.68. The SMILES string of the molecule is ClB(Cl)C1=CCC=CC1. The normalized spacial score (nSPS) is 17.3.